The van der Waals surface area contributed by atoms with E-state index in [1.165, 1.54) is 18.2 Å². The van der Waals surface area contributed by atoms with Gasteiger partial charge in [0.05, 0.1) is 13.0 Å². The third kappa shape index (κ3) is 3.77. The maximum Gasteiger partial charge on any atom is 0.286 e. The molecule has 0 aliphatic carbocycles. The molecule has 3 N–H and O–H groups in total. The number of rotatable bonds is 6. The fraction of sp³-hybridized carbons (Fsp3) is 0.111. The van der Waals surface area contributed by atoms with E-state index in [1.807, 2.05) is 18.2 Å². The Morgan fingerprint density at radius 1 is 1.16 bits per heavy atom. The summed E-state index contributed by atoms with van der Waals surface area (Å²) in [4.78, 5) is 23.6. The van der Waals surface area contributed by atoms with Gasteiger partial charge < -0.3 is 20.2 Å². The third-order valence-corrected chi connectivity index (χ3v) is 3.48. The Morgan fingerprint density at radius 3 is 2.64 bits per heavy atom. The Bertz CT molecular complexity index is 921. The molecule has 1 heterocycles. The van der Waals surface area contributed by atoms with Crippen LogP contribution in [0.3, 0.4) is 0 Å². The van der Waals surface area contributed by atoms with Crippen molar-refractivity contribution in [2.45, 2.75) is 6.42 Å². The molecule has 128 valence electrons. The van der Waals surface area contributed by atoms with Crippen molar-refractivity contribution in [2.24, 2.45) is 5.73 Å². The highest BCUT2D eigenvalue weighted by Gasteiger charge is 2.20. The number of carbonyl (C=O) groups is 2. The van der Waals surface area contributed by atoms with Crippen LogP contribution in [-0.2, 0) is 4.79 Å². The maximum atomic E-state index is 13.5. The topological polar surface area (TPSA) is 94.6 Å². The number of carbonyl (C=O) groups excluding carboxylic acids is 2. The molecule has 6 nitrogen and oxygen atoms in total. The number of nitrogens with one attached hydrogen (secondary N) is 1. The lowest BCUT2D eigenvalue weighted by molar-refractivity contribution is -0.116. The summed E-state index contributed by atoms with van der Waals surface area (Å²) in [6.45, 7) is 0.145. The molecule has 0 saturated heterocycles. The van der Waals surface area contributed by atoms with Crippen molar-refractivity contribution in [1.29, 1.82) is 0 Å². The molecule has 0 bridgehead atoms. The van der Waals surface area contributed by atoms with E-state index in [0.717, 1.165) is 0 Å². The van der Waals surface area contributed by atoms with E-state index in [-0.39, 0.29) is 35.4 Å². The van der Waals surface area contributed by atoms with Crippen molar-refractivity contribution in [1.82, 2.24) is 0 Å². The third-order valence-electron chi connectivity index (χ3n) is 3.48. The number of anilines is 1. The van der Waals surface area contributed by atoms with Crippen LogP contribution in [0.5, 0.6) is 5.75 Å². The molecule has 0 aliphatic heterocycles. The van der Waals surface area contributed by atoms with Crippen LogP contribution >= 0.6 is 0 Å². The van der Waals surface area contributed by atoms with Crippen molar-refractivity contribution in [2.75, 3.05) is 11.9 Å². The van der Waals surface area contributed by atoms with Crippen LogP contribution in [0.25, 0.3) is 11.0 Å². The molecule has 1 aromatic heterocycles. The zero-order chi connectivity index (χ0) is 17.8. The van der Waals surface area contributed by atoms with Crippen molar-refractivity contribution in [3.63, 3.8) is 0 Å². The van der Waals surface area contributed by atoms with Gasteiger partial charge in [0, 0.05) is 5.39 Å². The second kappa shape index (κ2) is 7.04. The first-order valence-electron chi connectivity index (χ1n) is 7.54. The van der Waals surface area contributed by atoms with Gasteiger partial charge in [-0.2, -0.15) is 0 Å². The molecule has 2 aromatic carbocycles. The number of ether oxygens (including phenoxy) is 1. The molecule has 0 fully saturated rings. The van der Waals surface area contributed by atoms with E-state index in [1.54, 1.807) is 12.1 Å². The van der Waals surface area contributed by atoms with Gasteiger partial charge in [0.15, 0.2) is 0 Å². The number of nitrogens with two attached hydrogens (primary N) is 1. The number of benzene rings is 2. The molecule has 25 heavy (non-hydrogen) atoms. The number of halogens is 1. The van der Waals surface area contributed by atoms with E-state index in [4.69, 9.17) is 14.9 Å². The largest absolute Gasteiger partial charge is 0.493 e. The highest BCUT2D eigenvalue weighted by molar-refractivity contribution is 6.10. The van der Waals surface area contributed by atoms with Gasteiger partial charge in [-0.05, 0) is 30.3 Å². The second-order valence-corrected chi connectivity index (χ2v) is 5.27. The summed E-state index contributed by atoms with van der Waals surface area (Å²) in [6, 6.07) is 12.8. The minimum absolute atomic E-state index is 0.0368. The minimum Gasteiger partial charge on any atom is -0.493 e. The Kier molecular flexibility index (Phi) is 4.65. The van der Waals surface area contributed by atoms with Gasteiger partial charge in [-0.3, -0.25) is 9.59 Å². The molecular weight excluding hydrogens is 327 g/mol. The Morgan fingerprint density at radius 2 is 1.92 bits per heavy atom. The van der Waals surface area contributed by atoms with Gasteiger partial charge in [0.1, 0.15) is 22.8 Å². The van der Waals surface area contributed by atoms with Gasteiger partial charge in [0.25, 0.3) is 5.91 Å². The SMILES string of the molecule is NC(=O)c1oc2ccc(F)cc2c1NC(=O)CCOc1ccccc1. The van der Waals surface area contributed by atoms with Gasteiger partial charge in [-0.1, -0.05) is 18.2 Å². The molecular formula is C18H15FN2O4. The molecule has 0 atom stereocenters. The number of hydrogen-bond donors (Lipinski definition) is 2. The monoisotopic (exact) mass is 342 g/mol. The molecule has 0 spiro atoms. The van der Waals surface area contributed by atoms with Crippen molar-refractivity contribution in [3.8, 4) is 5.75 Å². The van der Waals surface area contributed by atoms with Crippen LogP contribution in [0.4, 0.5) is 10.1 Å². The quantitative estimate of drug-likeness (QED) is 0.720. The van der Waals surface area contributed by atoms with Crippen LogP contribution in [0.1, 0.15) is 17.0 Å². The van der Waals surface area contributed by atoms with Gasteiger partial charge >= 0.3 is 0 Å². The van der Waals surface area contributed by atoms with Crippen molar-refractivity contribution < 1.29 is 23.1 Å². The van der Waals surface area contributed by atoms with Crippen LogP contribution < -0.4 is 15.8 Å². The first-order valence-corrected chi connectivity index (χ1v) is 7.54. The molecule has 0 saturated carbocycles. The van der Waals surface area contributed by atoms with Crippen molar-refractivity contribution >= 4 is 28.5 Å². The highest BCUT2D eigenvalue weighted by atomic mass is 19.1. The predicted octanol–water partition coefficient (Wildman–Crippen LogP) is 3.08. The smallest absolute Gasteiger partial charge is 0.286 e. The lowest BCUT2D eigenvalue weighted by Gasteiger charge is -2.07. The first-order chi connectivity index (χ1) is 12.0. The number of primary amides is 1. The van der Waals surface area contributed by atoms with E-state index in [2.05, 4.69) is 5.32 Å². The second-order valence-electron chi connectivity index (χ2n) is 5.27. The summed E-state index contributed by atoms with van der Waals surface area (Å²) in [5.74, 6) is -1.37. The summed E-state index contributed by atoms with van der Waals surface area (Å²) in [6.07, 6.45) is 0.0368. The fourth-order valence-electron chi connectivity index (χ4n) is 2.35. The molecule has 3 rings (SSSR count). The number of para-hydroxylation sites is 1. The Labute approximate surface area is 142 Å². The molecule has 0 unspecified atom stereocenters. The summed E-state index contributed by atoms with van der Waals surface area (Å²) in [5, 5.41) is 2.82. The van der Waals surface area contributed by atoms with Gasteiger partial charge in [0.2, 0.25) is 11.7 Å². The van der Waals surface area contributed by atoms with Crippen LogP contribution in [0.15, 0.2) is 52.9 Å². The molecule has 0 aliphatic rings. The number of furan rings is 1. The lowest BCUT2D eigenvalue weighted by atomic mass is 10.2. The number of hydrogen-bond acceptors (Lipinski definition) is 4. The molecule has 3 aromatic rings. The Hall–Kier alpha value is -3.35. The van der Waals surface area contributed by atoms with E-state index in [9.17, 15) is 14.0 Å². The van der Waals surface area contributed by atoms with Gasteiger partial charge in [-0.15, -0.1) is 0 Å². The zero-order valence-corrected chi connectivity index (χ0v) is 13.1. The van der Waals surface area contributed by atoms with E-state index >= 15 is 0 Å². The van der Waals surface area contributed by atoms with Crippen LogP contribution in [0.2, 0.25) is 0 Å². The van der Waals surface area contributed by atoms with E-state index < -0.39 is 17.6 Å². The standard InChI is InChI=1S/C18H15FN2O4/c19-11-6-7-14-13(10-11)16(17(25-14)18(20)23)21-15(22)8-9-24-12-4-2-1-3-5-12/h1-7,10H,8-9H2,(H2,20,23)(H,21,22). The summed E-state index contributed by atoms with van der Waals surface area (Å²) >= 11 is 0. The summed E-state index contributed by atoms with van der Waals surface area (Å²) in [7, 11) is 0. The van der Waals surface area contributed by atoms with Crippen LogP contribution in [0, 0.1) is 5.82 Å². The minimum atomic E-state index is -0.854. The molecule has 7 heteroatoms. The Balaban J connectivity index is 1.73. The molecule has 0 radical (unpaired) electrons. The average molecular weight is 342 g/mol. The maximum absolute atomic E-state index is 13.5. The fourth-order valence-corrected chi connectivity index (χ4v) is 2.35. The van der Waals surface area contributed by atoms with Crippen LogP contribution in [-0.4, -0.2) is 18.4 Å². The number of fused-ring (bicyclic) bond motifs is 1. The zero-order valence-electron chi connectivity index (χ0n) is 13.1. The normalized spacial score (nSPS) is 10.6. The number of amides is 2. The highest BCUT2D eigenvalue weighted by Crippen LogP contribution is 2.31. The average Bonchev–Trinajstić information content (AvgIpc) is 2.94. The first kappa shape index (κ1) is 16.5. The summed E-state index contributed by atoms with van der Waals surface area (Å²) < 4.78 is 24.2. The lowest BCUT2D eigenvalue weighted by Crippen LogP contribution is -2.18. The predicted molar refractivity (Wildman–Crippen MR) is 89.9 cm³/mol. The summed E-state index contributed by atoms with van der Waals surface area (Å²) in [5.41, 5.74) is 5.58. The van der Waals surface area contributed by atoms with E-state index in [0.29, 0.717) is 5.75 Å². The molecule has 2 amide bonds. The van der Waals surface area contributed by atoms with Crippen molar-refractivity contribution in [3.05, 3.63) is 60.1 Å². The van der Waals surface area contributed by atoms with Gasteiger partial charge in [-0.25, -0.2) is 4.39 Å².